The average Bonchev–Trinajstić information content (AvgIpc) is 2.62. The van der Waals surface area contributed by atoms with Crippen LogP contribution in [-0.4, -0.2) is 43.9 Å². The molecule has 124 valence electrons. The molecule has 2 heterocycles. The molecule has 1 N–H and O–H groups in total. The second-order valence-corrected chi connectivity index (χ2v) is 7.32. The zero-order valence-corrected chi connectivity index (χ0v) is 13.7. The Hall–Kier alpha value is -2.63. The standard InChI is InChI=1S/C16H16N4O3S/c17-11-13-3-1-2-4-15(13)24(22,23)20-9-7-19(8-10-20)14-5-6-16(21)18-12-14/h1-6,12H,7-10H2,(H,18,21). The first-order valence-electron chi connectivity index (χ1n) is 7.45. The molecule has 1 aliphatic rings. The average molecular weight is 344 g/mol. The molecule has 1 aromatic carbocycles. The van der Waals surface area contributed by atoms with Crippen molar-refractivity contribution in [2.45, 2.75) is 4.90 Å². The van der Waals surface area contributed by atoms with Gasteiger partial charge in [0, 0.05) is 38.4 Å². The molecule has 0 spiro atoms. The topological polar surface area (TPSA) is 97.3 Å². The molecule has 0 radical (unpaired) electrons. The molecule has 0 unspecified atom stereocenters. The monoisotopic (exact) mass is 344 g/mol. The van der Waals surface area contributed by atoms with Gasteiger partial charge in [-0.1, -0.05) is 12.1 Å². The molecule has 0 aliphatic carbocycles. The van der Waals surface area contributed by atoms with E-state index in [1.807, 2.05) is 11.0 Å². The second-order valence-electron chi connectivity index (χ2n) is 5.41. The van der Waals surface area contributed by atoms with Gasteiger partial charge in [-0.15, -0.1) is 0 Å². The maximum Gasteiger partial charge on any atom is 0.248 e. The smallest absolute Gasteiger partial charge is 0.248 e. The van der Waals surface area contributed by atoms with Crippen LogP contribution in [0.1, 0.15) is 5.56 Å². The fourth-order valence-electron chi connectivity index (χ4n) is 2.71. The van der Waals surface area contributed by atoms with E-state index in [4.69, 9.17) is 5.26 Å². The Morgan fingerprint density at radius 1 is 1.04 bits per heavy atom. The van der Waals surface area contributed by atoms with Crippen molar-refractivity contribution >= 4 is 15.7 Å². The second kappa shape index (κ2) is 6.47. The number of aromatic amines is 1. The van der Waals surface area contributed by atoms with Crippen LogP contribution < -0.4 is 10.5 Å². The Bertz CT molecular complexity index is 918. The van der Waals surface area contributed by atoms with Gasteiger partial charge in [0.05, 0.1) is 16.1 Å². The number of benzene rings is 1. The van der Waals surface area contributed by atoms with Crippen LogP contribution in [0.25, 0.3) is 0 Å². The molecule has 24 heavy (non-hydrogen) atoms. The molecule has 1 fully saturated rings. The highest BCUT2D eigenvalue weighted by Crippen LogP contribution is 2.22. The lowest BCUT2D eigenvalue weighted by molar-refractivity contribution is 0.384. The summed E-state index contributed by atoms with van der Waals surface area (Å²) in [4.78, 5) is 15.8. The number of aromatic nitrogens is 1. The van der Waals surface area contributed by atoms with Gasteiger partial charge in [-0.05, 0) is 18.2 Å². The molecule has 8 heteroatoms. The Balaban J connectivity index is 1.77. The van der Waals surface area contributed by atoms with Crippen molar-refractivity contribution in [1.82, 2.24) is 9.29 Å². The van der Waals surface area contributed by atoms with E-state index < -0.39 is 10.0 Å². The molecule has 3 rings (SSSR count). The van der Waals surface area contributed by atoms with Crippen LogP contribution in [0.4, 0.5) is 5.69 Å². The van der Waals surface area contributed by atoms with Crippen LogP contribution in [0.3, 0.4) is 0 Å². The minimum atomic E-state index is -3.69. The fraction of sp³-hybridized carbons (Fsp3) is 0.250. The maximum absolute atomic E-state index is 12.8. The molecule has 1 aromatic heterocycles. The highest BCUT2D eigenvalue weighted by molar-refractivity contribution is 7.89. The molecule has 0 atom stereocenters. The van der Waals surface area contributed by atoms with Crippen molar-refractivity contribution in [1.29, 1.82) is 5.26 Å². The summed E-state index contributed by atoms with van der Waals surface area (Å²) in [6.07, 6.45) is 1.62. The molecule has 1 aliphatic heterocycles. The molecule has 0 bridgehead atoms. The van der Waals surface area contributed by atoms with Crippen molar-refractivity contribution < 1.29 is 8.42 Å². The van der Waals surface area contributed by atoms with Gasteiger partial charge in [0.15, 0.2) is 0 Å². The summed E-state index contributed by atoms with van der Waals surface area (Å²) >= 11 is 0. The number of hydrogen-bond acceptors (Lipinski definition) is 5. The molecule has 0 amide bonds. The lowest BCUT2D eigenvalue weighted by Crippen LogP contribution is -2.48. The quantitative estimate of drug-likeness (QED) is 0.886. The fourth-order valence-corrected chi connectivity index (χ4v) is 4.27. The van der Waals surface area contributed by atoms with E-state index in [0.717, 1.165) is 5.69 Å². The van der Waals surface area contributed by atoms with E-state index in [2.05, 4.69) is 4.98 Å². The zero-order valence-electron chi connectivity index (χ0n) is 12.8. The van der Waals surface area contributed by atoms with E-state index in [9.17, 15) is 13.2 Å². The van der Waals surface area contributed by atoms with Crippen LogP contribution in [0.2, 0.25) is 0 Å². The van der Waals surface area contributed by atoms with E-state index >= 15 is 0 Å². The summed E-state index contributed by atoms with van der Waals surface area (Å²) in [6, 6.07) is 11.3. The minimum absolute atomic E-state index is 0.0463. The van der Waals surface area contributed by atoms with Gasteiger partial charge in [0.2, 0.25) is 15.6 Å². The summed E-state index contributed by atoms with van der Waals surface area (Å²) in [5.74, 6) is 0. The number of hydrogen-bond donors (Lipinski definition) is 1. The maximum atomic E-state index is 12.8. The lowest BCUT2D eigenvalue weighted by atomic mass is 10.2. The molecular weight excluding hydrogens is 328 g/mol. The van der Waals surface area contributed by atoms with Crippen LogP contribution in [0, 0.1) is 11.3 Å². The number of rotatable bonds is 3. The Morgan fingerprint density at radius 3 is 2.38 bits per heavy atom. The summed E-state index contributed by atoms with van der Waals surface area (Å²) < 4.78 is 26.9. The number of nitriles is 1. The van der Waals surface area contributed by atoms with Gasteiger partial charge in [-0.25, -0.2) is 8.42 Å². The minimum Gasteiger partial charge on any atom is -0.368 e. The third-order valence-electron chi connectivity index (χ3n) is 4.00. The number of nitrogens with one attached hydrogen (secondary N) is 1. The number of piperazine rings is 1. The third-order valence-corrected chi connectivity index (χ3v) is 5.95. The summed E-state index contributed by atoms with van der Waals surface area (Å²) in [5, 5.41) is 9.12. The van der Waals surface area contributed by atoms with Crippen molar-refractivity contribution in [3.63, 3.8) is 0 Å². The molecular formula is C16H16N4O3S. The Kier molecular flexibility index (Phi) is 4.38. The van der Waals surface area contributed by atoms with Crippen LogP contribution in [0.5, 0.6) is 0 Å². The van der Waals surface area contributed by atoms with E-state index in [0.29, 0.717) is 26.2 Å². The van der Waals surface area contributed by atoms with Crippen molar-refractivity contribution in [3.05, 3.63) is 58.5 Å². The zero-order chi connectivity index (χ0) is 17.2. The van der Waals surface area contributed by atoms with Crippen molar-refractivity contribution in [2.75, 3.05) is 31.1 Å². The van der Waals surface area contributed by atoms with E-state index in [1.54, 1.807) is 24.4 Å². The highest BCUT2D eigenvalue weighted by Gasteiger charge is 2.30. The normalized spacial score (nSPS) is 15.9. The first-order valence-corrected chi connectivity index (χ1v) is 8.89. The van der Waals surface area contributed by atoms with Gasteiger partial charge in [-0.3, -0.25) is 4.79 Å². The third kappa shape index (κ3) is 3.04. The number of pyridine rings is 1. The number of nitrogens with zero attached hydrogens (tertiary/aromatic N) is 3. The van der Waals surface area contributed by atoms with Crippen LogP contribution in [-0.2, 0) is 10.0 Å². The van der Waals surface area contributed by atoms with Gasteiger partial charge < -0.3 is 9.88 Å². The first kappa shape index (κ1) is 16.2. The molecule has 7 nitrogen and oxygen atoms in total. The molecule has 0 saturated carbocycles. The SMILES string of the molecule is N#Cc1ccccc1S(=O)(=O)N1CCN(c2ccc(=O)[nH]c2)CC1. The summed E-state index contributed by atoms with van der Waals surface area (Å²) in [7, 11) is -3.69. The molecule has 2 aromatic rings. The van der Waals surface area contributed by atoms with Crippen LogP contribution >= 0.6 is 0 Å². The Morgan fingerprint density at radius 2 is 1.75 bits per heavy atom. The van der Waals surface area contributed by atoms with Gasteiger partial charge in [-0.2, -0.15) is 9.57 Å². The molecule has 1 saturated heterocycles. The van der Waals surface area contributed by atoms with Crippen LogP contribution in [0.15, 0.2) is 52.3 Å². The number of sulfonamides is 1. The highest BCUT2D eigenvalue weighted by atomic mass is 32.2. The number of H-pyrrole nitrogens is 1. The van der Waals surface area contributed by atoms with Crippen molar-refractivity contribution in [2.24, 2.45) is 0 Å². The van der Waals surface area contributed by atoms with Gasteiger partial charge in [0.25, 0.3) is 0 Å². The predicted octanol–water partition coefficient (Wildman–Crippen LogP) is 0.757. The lowest BCUT2D eigenvalue weighted by Gasteiger charge is -2.35. The summed E-state index contributed by atoms with van der Waals surface area (Å²) in [5.41, 5.74) is 0.831. The number of anilines is 1. The van der Waals surface area contributed by atoms with E-state index in [-0.39, 0.29) is 16.0 Å². The van der Waals surface area contributed by atoms with Gasteiger partial charge in [0.1, 0.15) is 6.07 Å². The summed E-state index contributed by atoms with van der Waals surface area (Å²) in [6.45, 7) is 1.67. The van der Waals surface area contributed by atoms with Crippen molar-refractivity contribution in [3.8, 4) is 6.07 Å². The Labute approximate surface area is 139 Å². The first-order chi connectivity index (χ1) is 11.5. The van der Waals surface area contributed by atoms with E-state index in [1.165, 1.54) is 22.5 Å². The van der Waals surface area contributed by atoms with Gasteiger partial charge >= 0.3 is 0 Å². The largest absolute Gasteiger partial charge is 0.368 e. The predicted molar refractivity (Wildman–Crippen MR) is 89.2 cm³/mol.